The van der Waals surface area contributed by atoms with Crippen LogP contribution in [0.2, 0.25) is 5.02 Å². The van der Waals surface area contributed by atoms with Crippen LogP contribution in [0.1, 0.15) is 5.56 Å². The first-order valence-electron chi connectivity index (χ1n) is 10.5. The third kappa shape index (κ3) is 3.66. The number of fused-ring (bicyclic) bond motifs is 3. The van der Waals surface area contributed by atoms with E-state index in [2.05, 4.69) is 0 Å². The number of carbonyl (C=O) groups excluding carboxylic acids is 1. The largest absolute Gasteiger partial charge is 0.507 e. The van der Waals surface area contributed by atoms with Crippen molar-refractivity contribution < 1.29 is 38.8 Å². The lowest BCUT2D eigenvalue weighted by Gasteiger charge is -2.09. The average molecular weight is 509 g/mol. The number of aromatic hydroxyl groups is 4. The maximum Gasteiger partial charge on any atom is 0.310 e. The van der Waals surface area contributed by atoms with Gasteiger partial charge >= 0.3 is 5.97 Å². The lowest BCUT2D eigenvalue weighted by molar-refractivity contribution is -0.139. The molecule has 0 aliphatic heterocycles. The van der Waals surface area contributed by atoms with E-state index < -0.39 is 34.4 Å². The molecule has 0 aliphatic carbocycles. The number of furan rings is 1. The van der Waals surface area contributed by atoms with E-state index in [1.54, 1.807) is 24.3 Å². The van der Waals surface area contributed by atoms with Crippen molar-refractivity contribution in [2.24, 2.45) is 0 Å². The summed E-state index contributed by atoms with van der Waals surface area (Å²) >= 11 is 6.01. The highest BCUT2D eigenvalue weighted by Gasteiger charge is 2.27. The lowest BCUT2D eigenvalue weighted by atomic mass is 10.0. The average Bonchev–Trinajstić information content (AvgIpc) is 3.20. The number of halogens is 1. The van der Waals surface area contributed by atoms with E-state index in [0.717, 1.165) is 12.1 Å². The number of rotatable bonds is 4. The predicted molar refractivity (Wildman–Crippen MR) is 131 cm³/mol. The van der Waals surface area contributed by atoms with Gasteiger partial charge in [0, 0.05) is 27.8 Å². The third-order valence-corrected chi connectivity index (χ3v) is 6.02. The van der Waals surface area contributed by atoms with Gasteiger partial charge in [-0.05, 0) is 42.5 Å². The minimum atomic E-state index is -0.948. The summed E-state index contributed by atoms with van der Waals surface area (Å²) < 4.78 is 16.8. The predicted octanol–water partition coefficient (Wildman–Crippen LogP) is 5.06. The zero-order valence-electron chi connectivity index (χ0n) is 18.5. The van der Waals surface area contributed by atoms with Crippen molar-refractivity contribution in [2.45, 2.75) is 6.42 Å². The molecule has 0 saturated heterocycles. The lowest BCUT2D eigenvalue weighted by Crippen LogP contribution is -2.06. The van der Waals surface area contributed by atoms with Crippen molar-refractivity contribution in [2.75, 3.05) is 7.11 Å². The Morgan fingerprint density at radius 2 is 1.56 bits per heavy atom. The molecular weight excluding hydrogens is 492 g/mol. The van der Waals surface area contributed by atoms with Crippen LogP contribution < -0.4 is 5.43 Å². The van der Waals surface area contributed by atoms with Crippen molar-refractivity contribution in [3.8, 4) is 45.6 Å². The summed E-state index contributed by atoms with van der Waals surface area (Å²) in [5, 5.41) is 41.1. The number of methoxy groups -OCH3 is 1. The first kappa shape index (κ1) is 23.1. The molecule has 0 spiro atoms. The number of esters is 1. The molecule has 9 nitrogen and oxygen atoms in total. The molecule has 5 aromatic rings. The smallest absolute Gasteiger partial charge is 0.310 e. The van der Waals surface area contributed by atoms with Gasteiger partial charge < -0.3 is 34.0 Å². The van der Waals surface area contributed by atoms with Gasteiger partial charge in [-0.25, -0.2) is 0 Å². The van der Waals surface area contributed by atoms with Gasteiger partial charge in [0.2, 0.25) is 11.2 Å². The van der Waals surface area contributed by atoms with Crippen LogP contribution in [0.25, 0.3) is 44.6 Å². The summed E-state index contributed by atoms with van der Waals surface area (Å²) in [5.41, 5.74) is -0.0365. The molecule has 4 N–H and O–H groups in total. The fourth-order valence-corrected chi connectivity index (χ4v) is 4.17. The zero-order chi connectivity index (χ0) is 25.7. The molecule has 36 heavy (non-hydrogen) atoms. The summed E-state index contributed by atoms with van der Waals surface area (Å²) in [6, 6.07) is 11.4. The normalized spacial score (nSPS) is 11.3. The third-order valence-electron chi connectivity index (χ3n) is 5.77. The van der Waals surface area contributed by atoms with Gasteiger partial charge in [-0.1, -0.05) is 11.6 Å². The van der Waals surface area contributed by atoms with Crippen LogP contribution in [0.4, 0.5) is 0 Å². The van der Waals surface area contributed by atoms with Crippen LogP contribution in [0.3, 0.4) is 0 Å². The summed E-state index contributed by atoms with van der Waals surface area (Å²) in [5.74, 6) is -2.91. The molecule has 5 rings (SSSR count). The second-order valence-electron chi connectivity index (χ2n) is 7.95. The molecule has 2 aromatic heterocycles. The van der Waals surface area contributed by atoms with E-state index in [0.29, 0.717) is 16.1 Å². The van der Waals surface area contributed by atoms with Gasteiger partial charge in [0.15, 0.2) is 22.8 Å². The first-order valence-corrected chi connectivity index (χ1v) is 10.9. The second-order valence-corrected chi connectivity index (χ2v) is 8.39. The Labute approximate surface area is 207 Å². The molecule has 3 aromatic carbocycles. The number of ether oxygens (including phenoxy) is 1. The van der Waals surface area contributed by atoms with Crippen LogP contribution in [-0.4, -0.2) is 33.5 Å². The number of benzene rings is 3. The molecule has 0 atom stereocenters. The van der Waals surface area contributed by atoms with Crippen LogP contribution in [0.5, 0.6) is 23.0 Å². The quantitative estimate of drug-likeness (QED) is 0.193. The molecule has 0 unspecified atom stereocenters. The molecule has 10 heteroatoms. The van der Waals surface area contributed by atoms with Gasteiger partial charge in [-0.3, -0.25) is 9.59 Å². The van der Waals surface area contributed by atoms with Gasteiger partial charge in [-0.15, -0.1) is 0 Å². The van der Waals surface area contributed by atoms with E-state index in [1.807, 2.05) is 0 Å². The number of phenolic OH excluding ortho intramolecular Hbond substituents is 3. The van der Waals surface area contributed by atoms with Crippen LogP contribution in [0, 0.1) is 0 Å². The zero-order valence-corrected chi connectivity index (χ0v) is 19.3. The molecule has 182 valence electrons. The number of phenols is 3. The summed E-state index contributed by atoms with van der Waals surface area (Å²) in [4.78, 5) is 25.4. The van der Waals surface area contributed by atoms with E-state index >= 15 is 0 Å². The Balaban J connectivity index is 1.91. The van der Waals surface area contributed by atoms with E-state index in [4.69, 9.17) is 25.2 Å². The SMILES string of the molecule is COC(=O)Cc1c(-c2ccc(Cl)cc2)oc2cc(O)c3c(=O)c(O)c(-c4ccc(O)c(O)c4)oc3c12. The molecule has 0 radical (unpaired) electrons. The van der Waals surface area contributed by atoms with Crippen LogP contribution in [-0.2, 0) is 16.0 Å². The monoisotopic (exact) mass is 508 g/mol. The highest BCUT2D eigenvalue weighted by atomic mass is 35.5. The Hall–Kier alpha value is -4.63. The number of hydrogen-bond donors (Lipinski definition) is 4. The molecular formula is C26H17ClO9. The van der Waals surface area contributed by atoms with Crippen LogP contribution >= 0.6 is 11.6 Å². The summed E-state index contributed by atoms with van der Waals surface area (Å²) in [6.07, 6.45) is -0.263. The molecule has 0 amide bonds. The van der Waals surface area contributed by atoms with Crippen LogP contribution in [0.15, 0.2) is 62.2 Å². The fraction of sp³-hybridized carbons (Fsp3) is 0.0769. The van der Waals surface area contributed by atoms with E-state index in [1.165, 1.54) is 19.2 Å². The number of hydrogen-bond acceptors (Lipinski definition) is 9. The van der Waals surface area contributed by atoms with Crippen molar-refractivity contribution >= 4 is 39.5 Å². The Morgan fingerprint density at radius 3 is 2.22 bits per heavy atom. The van der Waals surface area contributed by atoms with Gasteiger partial charge in [-0.2, -0.15) is 0 Å². The minimum Gasteiger partial charge on any atom is -0.507 e. The van der Waals surface area contributed by atoms with Crippen molar-refractivity contribution in [3.63, 3.8) is 0 Å². The van der Waals surface area contributed by atoms with Crippen molar-refractivity contribution in [1.29, 1.82) is 0 Å². The highest BCUT2D eigenvalue weighted by Crippen LogP contribution is 2.43. The second kappa shape index (κ2) is 8.54. The maximum atomic E-state index is 13.1. The van der Waals surface area contributed by atoms with Crippen molar-refractivity contribution in [1.82, 2.24) is 0 Å². The van der Waals surface area contributed by atoms with Gasteiger partial charge in [0.05, 0.1) is 18.9 Å². The highest BCUT2D eigenvalue weighted by molar-refractivity contribution is 6.30. The standard InChI is InChI=1S/C26H17ClO9/c1-34-19(31)9-14-20-18(35-24(14)11-2-5-13(27)6-3-11)10-17(30)21-22(32)23(33)25(36-26(20)21)12-4-7-15(28)16(29)8-12/h2-8,10,28-30,33H,9H2,1H3. The Kier molecular flexibility index (Phi) is 5.49. The van der Waals surface area contributed by atoms with E-state index in [-0.39, 0.29) is 45.4 Å². The Morgan fingerprint density at radius 1 is 0.861 bits per heavy atom. The number of carbonyl (C=O) groups is 1. The molecule has 0 saturated carbocycles. The van der Waals surface area contributed by atoms with Gasteiger partial charge in [0.25, 0.3) is 0 Å². The topological polar surface area (TPSA) is 151 Å². The fourth-order valence-electron chi connectivity index (χ4n) is 4.05. The minimum absolute atomic E-state index is 0.0780. The molecule has 0 fully saturated rings. The molecule has 0 aliphatic rings. The Bertz CT molecular complexity index is 1730. The van der Waals surface area contributed by atoms with E-state index in [9.17, 15) is 30.0 Å². The summed E-state index contributed by atoms with van der Waals surface area (Å²) in [6.45, 7) is 0. The van der Waals surface area contributed by atoms with Gasteiger partial charge in [0.1, 0.15) is 22.5 Å². The molecule has 0 bridgehead atoms. The first-order chi connectivity index (χ1) is 17.2. The van der Waals surface area contributed by atoms with Crippen molar-refractivity contribution in [3.05, 3.63) is 69.3 Å². The molecule has 2 heterocycles. The summed E-state index contributed by atoms with van der Waals surface area (Å²) in [7, 11) is 1.23. The maximum absolute atomic E-state index is 13.1.